The first-order valence-corrected chi connectivity index (χ1v) is 12.8. The molecule has 31 heavy (non-hydrogen) atoms. The van der Waals surface area contributed by atoms with E-state index in [1.807, 2.05) is 13.0 Å². The number of fused-ring (bicyclic) bond motifs is 2. The third-order valence-corrected chi connectivity index (χ3v) is 8.45. The molecule has 168 valence electrons. The highest BCUT2D eigenvalue weighted by Gasteiger charge is 2.35. The van der Waals surface area contributed by atoms with Gasteiger partial charge in [0.1, 0.15) is 0 Å². The lowest BCUT2D eigenvalue weighted by molar-refractivity contribution is 0.0696. The molecular formula is C29H40O2. The van der Waals surface area contributed by atoms with Crippen molar-refractivity contribution in [2.45, 2.75) is 96.8 Å². The molecular weight excluding hydrogens is 380 g/mol. The van der Waals surface area contributed by atoms with E-state index in [0.29, 0.717) is 11.5 Å². The lowest BCUT2D eigenvalue weighted by Crippen LogP contribution is -2.30. The number of rotatable bonds is 8. The molecule has 2 aromatic carbocycles. The van der Waals surface area contributed by atoms with Crippen LogP contribution in [0.5, 0.6) is 0 Å². The smallest absolute Gasteiger partial charge is 0.335 e. The van der Waals surface area contributed by atoms with Crippen LogP contribution < -0.4 is 0 Å². The Morgan fingerprint density at radius 3 is 2.52 bits per heavy atom. The first-order valence-electron chi connectivity index (χ1n) is 12.8. The second kappa shape index (κ2) is 10.2. The highest BCUT2D eigenvalue weighted by Crippen LogP contribution is 2.48. The molecule has 0 bridgehead atoms. The maximum Gasteiger partial charge on any atom is 0.335 e. The highest BCUT2D eigenvalue weighted by molar-refractivity contribution is 5.97. The van der Waals surface area contributed by atoms with Crippen molar-refractivity contribution >= 4 is 16.7 Å². The fourth-order valence-corrected chi connectivity index (χ4v) is 6.58. The van der Waals surface area contributed by atoms with Gasteiger partial charge in [-0.2, -0.15) is 0 Å². The van der Waals surface area contributed by atoms with Crippen molar-refractivity contribution in [2.75, 3.05) is 0 Å². The molecule has 0 heterocycles. The van der Waals surface area contributed by atoms with Gasteiger partial charge in [-0.25, -0.2) is 4.79 Å². The largest absolute Gasteiger partial charge is 0.478 e. The molecule has 4 unspecified atom stereocenters. The molecule has 2 saturated carbocycles. The molecule has 0 amide bonds. The highest BCUT2D eigenvalue weighted by atomic mass is 16.4. The van der Waals surface area contributed by atoms with Gasteiger partial charge >= 0.3 is 5.97 Å². The average Bonchev–Trinajstić information content (AvgIpc) is 2.78. The van der Waals surface area contributed by atoms with Gasteiger partial charge in [-0.3, -0.25) is 0 Å². The van der Waals surface area contributed by atoms with Crippen LogP contribution in [0.2, 0.25) is 0 Å². The van der Waals surface area contributed by atoms with Gasteiger partial charge in [0, 0.05) is 0 Å². The van der Waals surface area contributed by atoms with Gasteiger partial charge in [-0.1, -0.05) is 76.1 Å². The summed E-state index contributed by atoms with van der Waals surface area (Å²) in [4.78, 5) is 11.4. The third-order valence-electron chi connectivity index (χ3n) is 8.45. The van der Waals surface area contributed by atoms with Gasteiger partial charge in [0.05, 0.1) is 5.56 Å². The number of aromatic carboxylic acids is 1. The predicted octanol–water partition coefficient (Wildman–Crippen LogP) is 8.51. The van der Waals surface area contributed by atoms with Crippen LogP contribution in [0.25, 0.3) is 10.8 Å². The number of hydrogen-bond acceptors (Lipinski definition) is 1. The zero-order chi connectivity index (χ0) is 21.8. The number of carbonyl (C=O) groups is 1. The SMILES string of the molecule is CCCCCCCC1CCC2CC(c3ccc4c(C)c(C(=O)O)ccc4c3)CCC2C1. The standard InChI is InChI=1S/C29H40O2/c1-3-4-5-6-7-8-21-9-10-23-18-24(12-11-22(23)17-21)25-13-15-27-20(2)28(29(30)31)16-14-26(27)19-25/h13-16,19,21-24H,3-12,17-18H2,1-2H3,(H,30,31). The quantitative estimate of drug-likeness (QED) is 0.435. The number of benzene rings is 2. The number of carboxylic acid groups (broad SMARTS) is 1. The van der Waals surface area contributed by atoms with Crippen molar-refractivity contribution in [3.63, 3.8) is 0 Å². The molecule has 0 aliphatic heterocycles. The molecule has 1 N–H and O–H groups in total. The summed E-state index contributed by atoms with van der Waals surface area (Å²) in [5.41, 5.74) is 2.77. The average molecular weight is 421 g/mol. The van der Waals surface area contributed by atoms with Crippen LogP contribution in [-0.4, -0.2) is 11.1 Å². The van der Waals surface area contributed by atoms with Crippen molar-refractivity contribution in [3.05, 3.63) is 47.0 Å². The second-order valence-corrected chi connectivity index (χ2v) is 10.4. The molecule has 2 fully saturated rings. The van der Waals surface area contributed by atoms with Crippen molar-refractivity contribution in [1.29, 1.82) is 0 Å². The summed E-state index contributed by atoms with van der Waals surface area (Å²) in [6.07, 6.45) is 17.0. The summed E-state index contributed by atoms with van der Waals surface area (Å²) in [6, 6.07) is 10.5. The summed E-state index contributed by atoms with van der Waals surface area (Å²) in [5.74, 6) is 2.72. The summed E-state index contributed by atoms with van der Waals surface area (Å²) in [7, 11) is 0. The summed E-state index contributed by atoms with van der Waals surface area (Å²) >= 11 is 0. The fourth-order valence-electron chi connectivity index (χ4n) is 6.58. The lowest BCUT2D eigenvalue weighted by atomic mass is 9.63. The Bertz CT molecular complexity index is 899. The van der Waals surface area contributed by atoms with Gasteiger partial charge in [-0.05, 0) is 90.7 Å². The Hall–Kier alpha value is -1.83. The van der Waals surface area contributed by atoms with E-state index in [1.165, 1.54) is 88.0 Å². The summed E-state index contributed by atoms with van der Waals surface area (Å²) in [5, 5.41) is 11.7. The Morgan fingerprint density at radius 2 is 1.71 bits per heavy atom. The minimum atomic E-state index is -0.835. The third kappa shape index (κ3) is 5.16. The maximum absolute atomic E-state index is 11.4. The van der Waals surface area contributed by atoms with Gasteiger partial charge < -0.3 is 5.11 Å². The zero-order valence-electron chi connectivity index (χ0n) is 19.5. The van der Waals surface area contributed by atoms with Crippen LogP contribution in [-0.2, 0) is 0 Å². The molecule has 0 spiro atoms. The van der Waals surface area contributed by atoms with Gasteiger partial charge in [0.2, 0.25) is 0 Å². The van der Waals surface area contributed by atoms with E-state index in [4.69, 9.17) is 0 Å². The molecule has 0 radical (unpaired) electrons. The van der Waals surface area contributed by atoms with Crippen LogP contribution in [0, 0.1) is 24.7 Å². The second-order valence-electron chi connectivity index (χ2n) is 10.4. The lowest BCUT2D eigenvalue weighted by Gasteiger charge is -2.42. The van der Waals surface area contributed by atoms with Crippen molar-refractivity contribution in [3.8, 4) is 0 Å². The normalized spacial score (nSPS) is 26.0. The van der Waals surface area contributed by atoms with E-state index in [2.05, 4.69) is 25.1 Å². The fraction of sp³-hybridized carbons (Fsp3) is 0.621. The number of hydrogen-bond donors (Lipinski definition) is 1. The van der Waals surface area contributed by atoms with E-state index in [1.54, 1.807) is 6.07 Å². The van der Waals surface area contributed by atoms with Crippen LogP contribution in [0.4, 0.5) is 0 Å². The van der Waals surface area contributed by atoms with Gasteiger partial charge in [-0.15, -0.1) is 0 Å². The van der Waals surface area contributed by atoms with Crippen LogP contribution in [0.1, 0.15) is 111 Å². The van der Waals surface area contributed by atoms with E-state index in [0.717, 1.165) is 28.7 Å². The Balaban J connectivity index is 1.35. The first-order chi connectivity index (χ1) is 15.1. The predicted molar refractivity (Wildman–Crippen MR) is 130 cm³/mol. The monoisotopic (exact) mass is 420 g/mol. The Labute approximate surface area is 188 Å². The topological polar surface area (TPSA) is 37.3 Å². The van der Waals surface area contributed by atoms with E-state index >= 15 is 0 Å². The molecule has 2 nitrogen and oxygen atoms in total. The van der Waals surface area contributed by atoms with Crippen LogP contribution >= 0.6 is 0 Å². The number of carboxylic acids is 1. The number of unbranched alkanes of at least 4 members (excludes halogenated alkanes) is 4. The summed E-state index contributed by atoms with van der Waals surface area (Å²) < 4.78 is 0. The molecule has 2 aliphatic carbocycles. The van der Waals surface area contributed by atoms with Crippen molar-refractivity contribution < 1.29 is 9.90 Å². The van der Waals surface area contributed by atoms with Crippen LogP contribution in [0.15, 0.2) is 30.3 Å². The van der Waals surface area contributed by atoms with Gasteiger partial charge in [0.25, 0.3) is 0 Å². The molecule has 0 aromatic heterocycles. The Morgan fingerprint density at radius 1 is 0.935 bits per heavy atom. The molecule has 2 aromatic rings. The molecule has 0 saturated heterocycles. The minimum absolute atomic E-state index is 0.419. The van der Waals surface area contributed by atoms with Crippen molar-refractivity contribution in [2.24, 2.45) is 17.8 Å². The maximum atomic E-state index is 11.4. The molecule has 2 aliphatic rings. The van der Waals surface area contributed by atoms with E-state index < -0.39 is 5.97 Å². The van der Waals surface area contributed by atoms with E-state index in [-0.39, 0.29) is 0 Å². The Kier molecular flexibility index (Phi) is 7.35. The molecule has 2 heteroatoms. The summed E-state index contributed by atoms with van der Waals surface area (Å²) in [6.45, 7) is 4.23. The first kappa shape index (κ1) is 22.4. The number of aryl methyl sites for hydroxylation is 1. The van der Waals surface area contributed by atoms with Gasteiger partial charge in [0.15, 0.2) is 0 Å². The molecule has 4 rings (SSSR count). The van der Waals surface area contributed by atoms with E-state index in [9.17, 15) is 9.90 Å². The minimum Gasteiger partial charge on any atom is -0.478 e. The molecule has 4 atom stereocenters. The zero-order valence-corrected chi connectivity index (χ0v) is 19.5. The van der Waals surface area contributed by atoms with Crippen LogP contribution in [0.3, 0.4) is 0 Å². The van der Waals surface area contributed by atoms with Crippen molar-refractivity contribution in [1.82, 2.24) is 0 Å².